The summed E-state index contributed by atoms with van der Waals surface area (Å²) in [5, 5.41) is 7.02. The summed E-state index contributed by atoms with van der Waals surface area (Å²) in [6.45, 7) is 4.78. The van der Waals surface area contributed by atoms with Crippen molar-refractivity contribution in [2.45, 2.75) is 20.4 Å². The van der Waals surface area contributed by atoms with Gasteiger partial charge in [0, 0.05) is 16.3 Å². The van der Waals surface area contributed by atoms with Gasteiger partial charge >= 0.3 is 6.09 Å². The fourth-order valence-electron chi connectivity index (χ4n) is 1.76. The lowest BCUT2D eigenvalue weighted by atomic mass is 10.2. The first-order valence-corrected chi connectivity index (χ1v) is 7.02. The van der Waals surface area contributed by atoms with E-state index in [1.54, 1.807) is 11.3 Å². The van der Waals surface area contributed by atoms with Gasteiger partial charge in [-0.1, -0.05) is 0 Å². The fourth-order valence-corrected chi connectivity index (χ4v) is 2.64. The number of aryl methyl sites for hydroxylation is 2. The number of anilines is 2. The second kappa shape index (κ2) is 6.38. The molecule has 0 aliphatic rings. The molecule has 0 fully saturated rings. The molecule has 2 N–H and O–H groups in total. The van der Waals surface area contributed by atoms with Crippen LogP contribution in [-0.2, 0) is 11.3 Å². The number of hydrogen-bond acceptors (Lipinski definition) is 5. The quantitative estimate of drug-likeness (QED) is 0.904. The first-order valence-electron chi connectivity index (χ1n) is 6.20. The highest BCUT2D eigenvalue weighted by atomic mass is 32.1. The number of rotatable bonds is 4. The Kier molecular flexibility index (Phi) is 4.57. The van der Waals surface area contributed by atoms with Crippen LogP contribution in [0.2, 0.25) is 0 Å². The minimum atomic E-state index is -0.471. The second-order valence-corrected chi connectivity index (χ2v) is 5.58. The molecule has 0 aliphatic carbocycles. The van der Waals surface area contributed by atoms with Gasteiger partial charge in [0.25, 0.3) is 0 Å². The molecule has 0 saturated carbocycles. The van der Waals surface area contributed by atoms with Gasteiger partial charge in [0.1, 0.15) is 0 Å². The van der Waals surface area contributed by atoms with Gasteiger partial charge in [0.05, 0.1) is 24.4 Å². The summed E-state index contributed by atoms with van der Waals surface area (Å²) in [4.78, 5) is 16.7. The molecule has 0 atom stereocenters. The molecule has 2 rings (SSSR count). The van der Waals surface area contributed by atoms with Gasteiger partial charge < -0.3 is 10.1 Å². The average molecular weight is 291 g/mol. The maximum Gasteiger partial charge on any atom is 0.411 e. The smallest absolute Gasteiger partial charge is 0.411 e. The molecule has 0 radical (unpaired) electrons. The Hall–Kier alpha value is -2.08. The van der Waals surface area contributed by atoms with Gasteiger partial charge in [0.15, 0.2) is 0 Å². The van der Waals surface area contributed by atoms with E-state index in [1.807, 2.05) is 38.1 Å². The molecule has 6 heteroatoms. The van der Waals surface area contributed by atoms with E-state index in [4.69, 9.17) is 0 Å². The summed E-state index contributed by atoms with van der Waals surface area (Å²) in [5.41, 5.74) is 2.77. The summed E-state index contributed by atoms with van der Waals surface area (Å²) in [7, 11) is 1.34. The number of amides is 1. The first-order chi connectivity index (χ1) is 9.58. The average Bonchev–Trinajstić information content (AvgIpc) is 2.76. The van der Waals surface area contributed by atoms with Gasteiger partial charge in [-0.15, -0.1) is 11.3 Å². The van der Waals surface area contributed by atoms with Crippen molar-refractivity contribution in [2.24, 2.45) is 0 Å². The van der Waals surface area contributed by atoms with E-state index in [0.717, 1.165) is 22.9 Å². The first kappa shape index (κ1) is 14.3. The molecular formula is C14H17N3O2S. The Bertz CT molecular complexity index is 593. The zero-order chi connectivity index (χ0) is 14.5. The van der Waals surface area contributed by atoms with Gasteiger partial charge in [-0.05, 0) is 38.1 Å². The number of nitrogens with zero attached hydrogens (tertiary/aromatic N) is 1. The van der Waals surface area contributed by atoms with Crippen molar-refractivity contribution >= 4 is 28.8 Å². The highest BCUT2D eigenvalue weighted by molar-refractivity contribution is 7.11. The van der Waals surface area contributed by atoms with E-state index in [2.05, 4.69) is 20.4 Å². The minimum absolute atomic E-state index is 0.471. The molecule has 0 aliphatic heterocycles. The van der Waals surface area contributed by atoms with Crippen LogP contribution in [0, 0.1) is 13.8 Å². The predicted octanol–water partition coefficient (Wildman–Crippen LogP) is 3.55. The highest BCUT2D eigenvalue weighted by Crippen LogP contribution is 2.20. The second-order valence-electron chi connectivity index (χ2n) is 4.29. The van der Waals surface area contributed by atoms with Crippen molar-refractivity contribution in [1.29, 1.82) is 0 Å². The number of ether oxygens (including phenoxy) is 1. The standard InChI is InChI=1S/C14H17N3O2S/c1-9-13(20-10(2)16-9)8-15-11-4-6-12(7-5-11)17-14(18)19-3/h4-7,15H,8H2,1-3H3,(H,17,18). The summed E-state index contributed by atoms with van der Waals surface area (Å²) in [6.07, 6.45) is -0.471. The Labute approximate surface area is 122 Å². The monoisotopic (exact) mass is 291 g/mol. The fraction of sp³-hybridized carbons (Fsp3) is 0.286. The van der Waals surface area contributed by atoms with E-state index in [9.17, 15) is 4.79 Å². The van der Waals surface area contributed by atoms with Gasteiger partial charge in [-0.3, -0.25) is 5.32 Å². The largest absolute Gasteiger partial charge is 0.453 e. The third-order valence-corrected chi connectivity index (χ3v) is 3.84. The van der Waals surface area contributed by atoms with E-state index >= 15 is 0 Å². The summed E-state index contributed by atoms with van der Waals surface area (Å²) >= 11 is 1.70. The number of carbonyl (C=O) groups excluding carboxylic acids is 1. The van der Waals surface area contributed by atoms with Gasteiger partial charge in [-0.2, -0.15) is 0 Å². The van der Waals surface area contributed by atoms with Crippen LogP contribution in [0.5, 0.6) is 0 Å². The number of aromatic nitrogens is 1. The number of methoxy groups -OCH3 is 1. The third kappa shape index (κ3) is 3.71. The molecule has 0 unspecified atom stereocenters. The van der Waals surface area contributed by atoms with E-state index < -0.39 is 6.09 Å². The molecule has 1 aromatic heterocycles. The van der Waals surface area contributed by atoms with Crippen LogP contribution in [-0.4, -0.2) is 18.2 Å². The van der Waals surface area contributed by atoms with Gasteiger partial charge in [0.2, 0.25) is 0 Å². The van der Waals surface area contributed by atoms with E-state index in [-0.39, 0.29) is 0 Å². The molecule has 1 heterocycles. The van der Waals surface area contributed by atoms with Crippen molar-refractivity contribution in [3.63, 3.8) is 0 Å². The SMILES string of the molecule is COC(=O)Nc1ccc(NCc2sc(C)nc2C)cc1. The van der Waals surface area contributed by atoms with Crippen molar-refractivity contribution in [3.8, 4) is 0 Å². The Morgan fingerprint density at radius 3 is 2.45 bits per heavy atom. The van der Waals surface area contributed by atoms with Crippen LogP contribution in [0.1, 0.15) is 15.6 Å². The van der Waals surface area contributed by atoms with Crippen molar-refractivity contribution in [2.75, 3.05) is 17.7 Å². The number of thiazole rings is 1. The lowest BCUT2D eigenvalue weighted by Gasteiger charge is -2.07. The maximum atomic E-state index is 11.1. The van der Waals surface area contributed by atoms with Crippen LogP contribution in [0.25, 0.3) is 0 Å². The maximum absolute atomic E-state index is 11.1. The lowest BCUT2D eigenvalue weighted by molar-refractivity contribution is 0.187. The molecule has 0 saturated heterocycles. The zero-order valence-electron chi connectivity index (χ0n) is 11.7. The Balaban J connectivity index is 1.94. The topological polar surface area (TPSA) is 63.2 Å². The van der Waals surface area contributed by atoms with Crippen LogP contribution in [0.3, 0.4) is 0 Å². The van der Waals surface area contributed by atoms with Crippen LogP contribution in [0.15, 0.2) is 24.3 Å². The summed E-state index contributed by atoms with van der Waals surface area (Å²) in [6, 6.07) is 7.47. The van der Waals surface area contributed by atoms with Crippen LogP contribution >= 0.6 is 11.3 Å². The summed E-state index contributed by atoms with van der Waals surface area (Å²) < 4.78 is 4.53. The van der Waals surface area contributed by atoms with Crippen molar-refractivity contribution in [3.05, 3.63) is 39.8 Å². The van der Waals surface area contributed by atoms with Crippen molar-refractivity contribution < 1.29 is 9.53 Å². The molecule has 1 amide bonds. The molecule has 1 aromatic carbocycles. The predicted molar refractivity (Wildman–Crippen MR) is 81.4 cm³/mol. The Morgan fingerprint density at radius 1 is 1.25 bits per heavy atom. The minimum Gasteiger partial charge on any atom is -0.453 e. The number of carbonyl (C=O) groups is 1. The Morgan fingerprint density at radius 2 is 1.90 bits per heavy atom. The molecule has 0 bridgehead atoms. The zero-order valence-corrected chi connectivity index (χ0v) is 12.5. The van der Waals surface area contributed by atoms with Gasteiger partial charge in [-0.25, -0.2) is 9.78 Å². The van der Waals surface area contributed by atoms with E-state index in [1.165, 1.54) is 12.0 Å². The van der Waals surface area contributed by atoms with Crippen LogP contribution in [0.4, 0.5) is 16.2 Å². The lowest BCUT2D eigenvalue weighted by Crippen LogP contribution is -2.10. The number of hydrogen-bond donors (Lipinski definition) is 2. The van der Waals surface area contributed by atoms with E-state index in [0.29, 0.717) is 5.69 Å². The summed E-state index contributed by atoms with van der Waals surface area (Å²) in [5.74, 6) is 0. The van der Waals surface area contributed by atoms with Crippen molar-refractivity contribution in [1.82, 2.24) is 4.98 Å². The number of nitrogens with one attached hydrogen (secondary N) is 2. The molecule has 2 aromatic rings. The highest BCUT2D eigenvalue weighted by Gasteiger charge is 2.04. The molecule has 20 heavy (non-hydrogen) atoms. The normalized spacial score (nSPS) is 10.2. The molecular weight excluding hydrogens is 274 g/mol. The molecule has 106 valence electrons. The van der Waals surface area contributed by atoms with Crippen LogP contribution < -0.4 is 10.6 Å². The number of benzene rings is 1. The molecule has 0 spiro atoms. The molecule has 5 nitrogen and oxygen atoms in total. The third-order valence-electron chi connectivity index (χ3n) is 2.77.